The molecule has 0 fully saturated rings. The molecule has 2 aromatic carbocycles. The van der Waals surface area contributed by atoms with E-state index in [9.17, 15) is 0 Å². The van der Waals surface area contributed by atoms with E-state index >= 15 is 0 Å². The third kappa shape index (κ3) is 2.88. The Bertz CT molecular complexity index is 788. The lowest BCUT2D eigenvalue weighted by Crippen LogP contribution is -2.40. The SMILES string of the molecule is CCCC1Oc2ccc(Br)cc2C2CC(c3ccc(Br)cc3)=NN12. The van der Waals surface area contributed by atoms with Crippen LogP contribution >= 0.6 is 31.9 Å². The van der Waals surface area contributed by atoms with Gasteiger partial charge in [0, 0.05) is 27.4 Å². The fraction of sp³-hybridized carbons (Fsp3) is 0.316. The topological polar surface area (TPSA) is 24.8 Å². The van der Waals surface area contributed by atoms with E-state index in [4.69, 9.17) is 9.84 Å². The molecule has 5 heteroatoms. The standard InChI is InChI=1S/C19H18Br2N2O/c1-2-3-19-23-17(15-10-14(21)8-9-18(15)24-19)11-16(22-23)12-4-6-13(20)7-5-12/h4-10,17,19H,2-3,11H2,1H3. The number of ether oxygens (including phenoxy) is 1. The molecule has 0 aliphatic carbocycles. The van der Waals surface area contributed by atoms with Crippen LogP contribution in [-0.2, 0) is 0 Å². The lowest BCUT2D eigenvalue weighted by Gasteiger charge is -2.38. The summed E-state index contributed by atoms with van der Waals surface area (Å²) in [6, 6.07) is 14.9. The largest absolute Gasteiger partial charge is 0.469 e. The number of nitrogens with zero attached hydrogens (tertiary/aromatic N) is 2. The molecular weight excluding hydrogens is 432 g/mol. The second-order valence-corrected chi connectivity index (χ2v) is 8.03. The first-order valence-corrected chi connectivity index (χ1v) is 9.82. The van der Waals surface area contributed by atoms with Crippen molar-refractivity contribution in [3.63, 3.8) is 0 Å². The average molecular weight is 450 g/mol. The third-order valence-corrected chi connectivity index (χ3v) is 5.57. The van der Waals surface area contributed by atoms with E-state index in [1.165, 1.54) is 11.1 Å². The molecule has 2 heterocycles. The molecule has 2 unspecified atom stereocenters. The minimum Gasteiger partial charge on any atom is -0.469 e. The van der Waals surface area contributed by atoms with E-state index in [0.29, 0.717) is 0 Å². The van der Waals surface area contributed by atoms with Crippen LogP contribution in [0.5, 0.6) is 5.75 Å². The van der Waals surface area contributed by atoms with Crippen molar-refractivity contribution < 1.29 is 4.74 Å². The van der Waals surface area contributed by atoms with Crippen LogP contribution in [0.3, 0.4) is 0 Å². The Labute approximate surface area is 159 Å². The highest BCUT2D eigenvalue weighted by molar-refractivity contribution is 9.10. The molecule has 2 aliphatic heterocycles. The van der Waals surface area contributed by atoms with Gasteiger partial charge in [0.15, 0.2) is 6.23 Å². The third-order valence-electron chi connectivity index (χ3n) is 4.54. The fourth-order valence-corrected chi connectivity index (χ4v) is 4.03. The van der Waals surface area contributed by atoms with Crippen LogP contribution in [0, 0.1) is 0 Å². The molecule has 0 bridgehead atoms. The highest BCUT2D eigenvalue weighted by Gasteiger charge is 2.39. The quantitative estimate of drug-likeness (QED) is 0.584. The molecule has 0 aromatic heterocycles. The maximum atomic E-state index is 6.24. The molecule has 0 N–H and O–H groups in total. The predicted octanol–water partition coefficient (Wildman–Crippen LogP) is 5.88. The fourth-order valence-electron chi connectivity index (χ4n) is 3.39. The van der Waals surface area contributed by atoms with Gasteiger partial charge in [0.1, 0.15) is 5.75 Å². The zero-order valence-electron chi connectivity index (χ0n) is 13.4. The first-order valence-electron chi connectivity index (χ1n) is 8.23. The summed E-state index contributed by atoms with van der Waals surface area (Å²) in [5.41, 5.74) is 3.53. The number of hydrazone groups is 1. The Hall–Kier alpha value is -1.33. The van der Waals surface area contributed by atoms with Gasteiger partial charge in [-0.15, -0.1) is 0 Å². The summed E-state index contributed by atoms with van der Waals surface area (Å²) in [5.74, 6) is 0.991. The lowest BCUT2D eigenvalue weighted by molar-refractivity contribution is -0.0223. The van der Waals surface area contributed by atoms with Gasteiger partial charge in [-0.05, 0) is 35.9 Å². The van der Waals surface area contributed by atoms with Crippen molar-refractivity contribution in [3.05, 3.63) is 62.5 Å². The smallest absolute Gasteiger partial charge is 0.187 e. The molecule has 0 saturated carbocycles. The minimum absolute atomic E-state index is 0.0154. The Morgan fingerprint density at radius 1 is 1.12 bits per heavy atom. The first kappa shape index (κ1) is 16.2. The van der Waals surface area contributed by atoms with Gasteiger partial charge in [-0.1, -0.05) is 57.3 Å². The zero-order chi connectivity index (χ0) is 16.7. The van der Waals surface area contributed by atoms with E-state index in [0.717, 1.165) is 39.7 Å². The summed E-state index contributed by atoms with van der Waals surface area (Å²) in [5, 5.41) is 7.10. The van der Waals surface area contributed by atoms with Crippen molar-refractivity contribution in [2.45, 2.75) is 38.5 Å². The Morgan fingerprint density at radius 3 is 2.62 bits per heavy atom. The number of benzene rings is 2. The number of hydrogen-bond acceptors (Lipinski definition) is 3. The van der Waals surface area contributed by atoms with Gasteiger partial charge in [-0.2, -0.15) is 5.10 Å². The van der Waals surface area contributed by atoms with Gasteiger partial charge in [0.25, 0.3) is 0 Å². The van der Waals surface area contributed by atoms with Gasteiger partial charge in [0.05, 0.1) is 11.8 Å². The Morgan fingerprint density at radius 2 is 1.88 bits per heavy atom. The van der Waals surface area contributed by atoms with Crippen molar-refractivity contribution >= 4 is 37.6 Å². The molecule has 0 saturated heterocycles. The van der Waals surface area contributed by atoms with Crippen LogP contribution < -0.4 is 4.74 Å². The number of rotatable bonds is 3. The normalized spacial score (nSPS) is 21.8. The summed E-state index contributed by atoms with van der Waals surface area (Å²) in [6.45, 7) is 2.19. The van der Waals surface area contributed by atoms with Crippen LogP contribution in [0.2, 0.25) is 0 Å². The first-order chi connectivity index (χ1) is 11.7. The van der Waals surface area contributed by atoms with Gasteiger partial charge in [-0.3, -0.25) is 5.01 Å². The van der Waals surface area contributed by atoms with Crippen molar-refractivity contribution in [3.8, 4) is 5.75 Å². The predicted molar refractivity (Wildman–Crippen MR) is 103 cm³/mol. The van der Waals surface area contributed by atoms with Crippen molar-refractivity contribution in [2.75, 3.05) is 0 Å². The number of fused-ring (bicyclic) bond motifs is 3. The highest BCUT2D eigenvalue weighted by Crippen LogP contribution is 2.44. The molecule has 124 valence electrons. The van der Waals surface area contributed by atoms with Gasteiger partial charge in [-0.25, -0.2) is 0 Å². The number of hydrogen-bond donors (Lipinski definition) is 0. The molecule has 2 aromatic rings. The number of halogens is 2. The van der Waals surface area contributed by atoms with E-state index in [1.807, 2.05) is 6.07 Å². The molecule has 2 aliphatic rings. The average Bonchev–Trinajstić information content (AvgIpc) is 3.02. The molecule has 3 nitrogen and oxygen atoms in total. The van der Waals surface area contributed by atoms with Gasteiger partial charge < -0.3 is 4.74 Å². The second-order valence-electron chi connectivity index (χ2n) is 6.20. The van der Waals surface area contributed by atoms with Crippen LogP contribution in [0.4, 0.5) is 0 Å². The zero-order valence-corrected chi connectivity index (χ0v) is 16.5. The highest BCUT2D eigenvalue weighted by atomic mass is 79.9. The lowest BCUT2D eigenvalue weighted by atomic mass is 9.96. The van der Waals surface area contributed by atoms with Crippen LogP contribution in [0.15, 0.2) is 56.5 Å². The van der Waals surface area contributed by atoms with Gasteiger partial charge in [0.2, 0.25) is 0 Å². The maximum Gasteiger partial charge on any atom is 0.187 e. The van der Waals surface area contributed by atoms with Crippen molar-refractivity contribution in [1.29, 1.82) is 0 Å². The van der Waals surface area contributed by atoms with Crippen LogP contribution in [-0.4, -0.2) is 16.9 Å². The second kappa shape index (κ2) is 6.52. The Balaban J connectivity index is 1.72. The molecule has 0 amide bonds. The monoisotopic (exact) mass is 448 g/mol. The van der Waals surface area contributed by atoms with E-state index in [-0.39, 0.29) is 12.3 Å². The maximum absolute atomic E-state index is 6.24. The van der Waals surface area contributed by atoms with Crippen LogP contribution in [0.1, 0.15) is 43.4 Å². The Kier molecular flexibility index (Phi) is 4.39. The molecule has 0 spiro atoms. The van der Waals surface area contributed by atoms with Gasteiger partial charge >= 0.3 is 0 Å². The summed E-state index contributed by atoms with van der Waals surface area (Å²) in [4.78, 5) is 0. The summed E-state index contributed by atoms with van der Waals surface area (Å²) < 4.78 is 8.40. The van der Waals surface area contributed by atoms with E-state index in [1.54, 1.807) is 0 Å². The summed E-state index contributed by atoms with van der Waals surface area (Å²) >= 11 is 7.08. The molecule has 2 atom stereocenters. The molecule has 4 rings (SSSR count). The van der Waals surface area contributed by atoms with E-state index < -0.39 is 0 Å². The molecule has 0 radical (unpaired) electrons. The summed E-state index contributed by atoms with van der Waals surface area (Å²) in [6.07, 6.45) is 2.97. The van der Waals surface area contributed by atoms with Crippen LogP contribution in [0.25, 0.3) is 0 Å². The summed E-state index contributed by atoms with van der Waals surface area (Å²) in [7, 11) is 0. The molecule has 24 heavy (non-hydrogen) atoms. The van der Waals surface area contributed by atoms with Crippen molar-refractivity contribution in [1.82, 2.24) is 5.01 Å². The van der Waals surface area contributed by atoms with E-state index in [2.05, 4.69) is 80.2 Å². The van der Waals surface area contributed by atoms with Crippen molar-refractivity contribution in [2.24, 2.45) is 5.10 Å². The molecular formula is C19H18Br2N2O. The minimum atomic E-state index is 0.0154.